The number of benzene rings is 2. The lowest BCUT2D eigenvalue weighted by atomic mass is 10.1. The van der Waals surface area contributed by atoms with Crippen molar-refractivity contribution in [2.45, 2.75) is 19.8 Å². The van der Waals surface area contributed by atoms with E-state index in [-0.39, 0.29) is 17.6 Å². The molecular formula is C25H26N4O3S. The predicted octanol–water partition coefficient (Wildman–Crippen LogP) is 3.88. The van der Waals surface area contributed by atoms with E-state index in [1.165, 1.54) is 11.3 Å². The molecule has 4 rings (SSSR count). The fraction of sp³-hybridized carbons (Fsp3) is 0.280. The number of carbonyl (C=O) groups is 3. The Hall–Kier alpha value is -3.52. The third-order valence-corrected chi connectivity index (χ3v) is 6.48. The van der Waals surface area contributed by atoms with Gasteiger partial charge < -0.3 is 9.80 Å². The Labute approximate surface area is 197 Å². The number of carbonyl (C=O) groups excluding carboxylic acids is 3. The Morgan fingerprint density at radius 1 is 0.939 bits per heavy atom. The summed E-state index contributed by atoms with van der Waals surface area (Å²) in [4.78, 5) is 44.9. The molecule has 0 aliphatic carbocycles. The summed E-state index contributed by atoms with van der Waals surface area (Å²) in [5, 5.41) is 5.23. The number of piperazine rings is 1. The fourth-order valence-corrected chi connectivity index (χ4v) is 4.49. The molecule has 2 amide bonds. The Morgan fingerprint density at radius 2 is 1.64 bits per heavy atom. The number of hydrogen-bond acceptors (Lipinski definition) is 6. The summed E-state index contributed by atoms with van der Waals surface area (Å²) in [6.07, 6.45) is 0.937. The minimum Gasteiger partial charge on any atom is -0.368 e. The average Bonchev–Trinajstić information content (AvgIpc) is 3.30. The first-order valence-electron chi connectivity index (χ1n) is 10.9. The maximum absolute atomic E-state index is 12.7. The highest BCUT2D eigenvalue weighted by Crippen LogP contribution is 2.20. The molecule has 7 nitrogen and oxygen atoms in total. The molecular weight excluding hydrogens is 436 g/mol. The fourth-order valence-electron chi connectivity index (χ4n) is 3.75. The van der Waals surface area contributed by atoms with Crippen LogP contribution in [0.25, 0.3) is 0 Å². The van der Waals surface area contributed by atoms with Gasteiger partial charge in [-0.25, -0.2) is 4.98 Å². The average molecular weight is 463 g/mol. The van der Waals surface area contributed by atoms with E-state index in [0.29, 0.717) is 42.2 Å². The number of hydrogen-bond donors (Lipinski definition) is 1. The van der Waals surface area contributed by atoms with E-state index < -0.39 is 0 Å². The van der Waals surface area contributed by atoms with Crippen LogP contribution < -0.4 is 10.2 Å². The number of rotatable bonds is 7. The van der Waals surface area contributed by atoms with E-state index in [0.717, 1.165) is 24.5 Å². The van der Waals surface area contributed by atoms with Crippen molar-refractivity contribution >= 4 is 39.8 Å². The van der Waals surface area contributed by atoms with E-state index >= 15 is 0 Å². The van der Waals surface area contributed by atoms with Crippen LogP contribution in [0.15, 0.2) is 60.0 Å². The molecule has 0 unspecified atom stereocenters. The highest BCUT2D eigenvalue weighted by molar-refractivity contribution is 7.14. The van der Waals surface area contributed by atoms with Crippen LogP contribution in [-0.4, -0.2) is 53.7 Å². The number of anilines is 2. The molecule has 0 atom stereocenters. The molecule has 0 radical (unpaired) electrons. The number of nitrogens with zero attached hydrogens (tertiary/aromatic N) is 3. The van der Waals surface area contributed by atoms with Gasteiger partial charge in [0.15, 0.2) is 10.9 Å². The number of Topliss-reactive ketones (excluding diaryl/α,β-unsaturated/α-hetero) is 1. The van der Waals surface area contributed by atoms with Gasteiger partial charge in [0, 0.05) is 54.8 Å². The second-order valence-electron chi connectivity index (χ2n) is 7.94. The van der Waals surface area contributed by atoms with Gasteiger partial charge in [-0.15, -0.1) is 11.3 Å². The van der Waals surface area contributed by atoms with Gasteiger partial charge in [-0.3, -0.25) is 19.7 Å². The van der Waals surface area contributed by atoms with E-state index in [1.54, 1.807) is 19.1 Å². The second kappa shape index (κ2) is 10.4. The van der Waals surface area contributed by atoms with Crippen molar-refractivity contribution in [2.24, 2.45) is 0 Å². The maximum Gasteiger partial charge on any atom is 0.257 e. The summed E-state index contributed by atoms with van der Waals surface area (Å²) in [7, 11) is 0. The summed E-state index contributed by atoms with van der Waals surface area (Å²) in [5.74, 6) is -0.0198. The number of aromatic nitrogens is 1. The Kier molecular flexibility index (Phi) is 7.14. The van der Waals surface area contributed by atoms with E-state index in [4.69, 9.17) is 0 Å². The molecule has 1 N–H and O–H groups in total. The van der Waals surface area contributed by atoms with Gasteiger partial charge in [-0.05, 0) is 49.7 Å². The van der Waals surface area contributed by atoms with Gasteiger partial charge in [0.2, 0.25) is 5.91 Å². The third kappa shape index (κ3) is 5.84. The summed E-state index contributed by atoms with van der Waals surface area (Å²) in [6, 6.07) is 16.6. The van der Waals surface area contributed by atoms with Crippen molar-refractivity contribution in [3.05, 3.63) is 76.8 Å². The zero-order valence-corrected chi connectivity index (χ0v) is 19.3. The molecule has 1 aliphatic rings. The first-order valence-corrected chi connectivity index (χ1v) is 11.8. The smallest absolute Gasteiger partial charge is 0.257 e. The van der Waals surface area contributed by atoms with Crippen LogP contribution >= 0.6 is 11.3 Å². The van der Waals surface area contributed by atoms with Gasteiger partial charge in [-0.2, -0.15) is 0 Å². The minimum atomic E-state index is -0.193. The normalized spacial score (nSPS) is 13.6. The lowest BCUT2D eigenvalue weighted by molar-refractivity contribution is -0.131. The molecule has 170 valence electrons. The molecule has 2 heterocycles. The van der Waals surface area contributed by atoms with Crippen molar-refractivity contribution in [2.75, 3.05) is 36.4 Å². The van der Waals surface area contributed by atoms with Crippen LogP contribution in [0.2, 0.25) is 0 Å². The number of aryl methyl sites for hydroxylation is 1. The Morgan fingerprint density at radius 3 is 2.30 bits per heavy atom. The molecule has 8 heteroatoms. The van der Waals surface area contributed by atoms with Crippen LogP contribution in [0, 0.1) is 0 Å². The van der Waals surface area contributed by atoms with Crippen molar-refractivity contribution < 1.29 is 14.4 Å². The topological polar surface area (TPSA) is 82.6 Å². The molecule has 2 aromatic carbocycles. The van der Waals surface area contributed by atoms with Crippen LogP contribution in [0.4, 0.5) is 10.8 Å². The lowest BCUT2D eigenvalue weighted by Gasteiger charge is -2.36. The molecule has 1 saturated heterocycles. The first-order chi connectivity index (χ1) is 16.0. The molecule has 1 aromatic heterocycles. The molecule has 0 spiro atoms. The maximum atomic E-state index is 12.7. The predicted molar refractivity (Wildman–Crippen MR) is 130 cm³/mol. The van der Waals surface area contributed by atoms with E-state index in [2.05, 4.69) is 15.2 Å². The summed E-state index contributed by atoms with van der Waals surface area (Å²) >= 11 is 1.36. The van der Waals surface area contributed by atoms with Gasteiger partial charge >= 0.3 is 0 Å². The summed E-state index contributed by atoms with van der Waals surface area (Å²) in [6.45, 7) is 4.42. The number of nitrogens with one attached hydrogen (secondary N) is 1. The molecule has 0 saturated carbocycles. The zero-order valence-electron chi connectivity index (χ0n) is 18.5. The van der Waals surface area contributed by atoms with E-state index in [1.807, 2.05) is 52.7 Å². The molecule has 3 aromatic rings. The molecule has 33 heavy (non-hydrogen) atoms. The number of amides is 2. The standard InChI is InChI=1S/C25H26N4O3S/c1-18(30)19-7-10-22(11-8-19)28-13-15-29(16-14-28)23(31)12-9-21-17-33-25(26-21)27-24(32)20-5-3-2-4-6-20/h2-8,10-11,17H,9,12-16H2,1H3,(H,26,27,32). The quantitative estimate of drug-likeness (QED) is 0.539. The zero-order chi connectivity index (χ0) is 23.2. The highest BCUT2D eigenvalue weighted by atomic mass is 32.1. The van der Waals surface area contributed by atoms with Gasteiger partial charge in [0.05, 0.1) is 5.69 Å². The number of ketones is 1. The Balaban J connectivity index is 1.23. The SMILES string of the molecule is CC(=O)c1ccc(N2CCN(C(=O)CCc3csc(NC(=O)c4ccccc4)n3)CC2)cc1. The summed E-state index contributed by atoms with van der Waals surface area (Å²) < 4.78 is 0. The first kappa shape index (κ1) is 22.7. The Bertz CT molecular complexity index is 1120. The summed E-state index contributed by atoms with van der Waals surface area (Å²) in [5.41, 5.74) is 3.16. The minimum absolute atomic E-state index is 0.0581. The van der Waals surface area contributed by atoms with Gasteiger partial charge in [0.25, 0.3) is 5.91 Å². The van der Waals surface area contributed by atoms with Crippen molar-refractivity contribution in [3.63, 3.8) is 0 Å². The largest absolute Gasteiger partial charge is 0.368 e. The monoisotopic (exact) mass is 462 g/mol. The van der Waals surface area contributed by atoms with Crippen LogP contribution in [0.5, 0.6) is 0 Å². The van der Waals surface area contributed by atoms with Crippen molar-refractivity contribution in [3.8, 4) is 0 Å². The van der Waals surface area contributed by atoms with E-state index in [9.17, 15) is 14.4 Å². The van der Waals surface area contributed by atoms with Crippen LogP contribution in [-0.2, 0) is 11.2 Å². The third-order valence-electron chi connectivity index (χ3n) is 5.67. The van der Waals surface area contributed by atoms with Crippen LogP contribution in [0.1, 0.15) is 39.8 Å². The van der Waals surface area contributed by atoms with Crippen molar-refractivity contribution in [1.82, 2.24) is 9.88 Å². The molecule has 0 bridgehead atoms. The van der Waals surface area contributed by atoms with Gasteiger partial charge in [-0.1, -0.05) is 18.2 Å². The molecule has 1 aliphatic heterocycles. The highest BCUT2D eigenvalue weighted by Gasteiger charge is 2.21. The van der Waals surface area contributed by atoms with Crippen molar-refractivity contribution in [1.29, 1.82) is 0 Å². The molecule has 1 fully saturated rings. The van der Waals surface area contributed by atoms with Gasteiger partial charge in [0.1, 0.15) is 0 Å². The number of thiazole rings is 1. The second-order valence-corrected chi connectivity index (χ2v) is 8.79. The van der Waals surface area contributed by atoms with Crippen LogP contribution in [0.3, 0.4) is 0 Å². The lowest BCUT2D eigenvalue weighted by Crippen LogP contribution is -2.48.